The first-order valence-electron chi connectivity index (χ1n) is 8.34. The molecule has 128 valence electrons. The summed E-state index contributed by atoms with van der Waals surface area (Å²) < 4.78 is 5.44. The number of ether oxygens (including phenoxy) is 1. The van der Waals surface area contributed by atoms with Crippen molar-refractivity contribution in [2.75, 3.05) is 49.6 Å². The number of amides is 1. The Morgan fingerprint density at radius 3 is 2.17 bits per heavy atom. The first kappa shape index (κ1) is 17.4. The molecule has 1 aromatic carbocycles. The van der Waals surface area contributed by atoms with E-state index < -0.39 is 5.60 Å². The van der Waals surface area contributed by atoms with Crippen molar-refractivity contribution in [3.63, 3.8) is 0 Å². The predicted molar refractivity (Wildman–Crippen MR) is 95.4 cm³/mol. The summed E-state index contributed by atoms with van der Waals surface area (Å²) in [7, 11) is 2.09. The second-order valence-electron chi connectivity index (χ2n) is 6.99. The van der Waals surface area contributed by atoms with Gasteiger partial charge in [0, 0.05) is 51.1 Å². The molecule has 5 heteroatoms. The monoisotopic (exact) mass is 319 g/mol. The van der Waals surface area contributed by atoms with E-state index in [1.54, 1.807) is 4.90 Å². The minimum absolute atomic E-state index is 0.211. The van der Waals surface area contributed by atoms with Gasteiger partial charge in [0.2, 0.25) is 0 Å². The van der Waals surface area contributed by atoms with Crippen LogP contribution in [0.1, 0.15) is 27.7 Å². The van der Waals surface area contributed by atoms with Crippen LogP contribution in [0.25, 0.3) is 0 Å². The summed E-state index contributed by atoms with van der Waals surface area (Å²) in [4.78, 5) is 18.4. The largest absolute Gasteiger partial charge is 0.444 e. The second-order valence-corrected chi connectivity index (χ2v) is 6.99. The fourth-order valence-corrected chi connectivity index (χ4v) is 2.57. The molecule has 1 aliphatic rings. The molecule has 0 atom stereocenters. The smallest absolute Gasteiger partial charge is 0.410 e. The number of hydrogen-bond donors (Lipinski definition) is 0. The van der Waals surface area contributed by atoms with Crippen LogP contribution in [0.4, 0.5) is 16.2 Å². The van der Waals surface area contributed by atoms with E-state index in [-0.39, 0.29) is 6.09 Å². The Kier molecular flexibility index (Phi) is 5.39. The van der Waals surface area contributed by atoms with Crippen molar-refractivity contribution in [2.45, 2.75) is 33.3 Å². The quantitative estimate of drug-likeness (QED) is 0.857. The van der Waals surface area contributed by atoms with Gasteiger partial charge < -0.3 is 19.4 Å². The van der Waals surface area contributed by atoms with Crippen molar-refractivity contribution in [3.05, 3.63) is 24.3 Å². The van der Waals surface area contributed by atoms with Crippen molar-refractivity contribution >= 4 is 17.5 Å². The Balaban J connectivity index is 1.90. The number of nitrogens with zero attached hydrogens (tertiary/aromatic N) is 3. The molecule has 1 saturated heterocycles. The molecule has 1 amide bonds. The molecular formula is C18H29N3O2. The van der Waals surface area contributed by atoms with E-state index >= 15 is 0 Å². The summed E-state index contributed by atoms with van der Waals surface area (Å²) in [6.07, 6.45) is -0.211. The number of benzene rings is 1. The molecule has 0 N–H and O–H groups in total. The zero-order valence-electron chi connectivity index (χ0n) is 15.0. The topological polar surface area (TPSA) is 36.0 Å². The number of piperazine rings is 1. The van der Waals surface area contributed by atoms with Crippen LogP contribution in [0.5, 0.6) is 0 Å². The van der Waals surface area contributed by atoms with Crippen LogP contribution in [0, 0.1) is 0 Å². The minimum Gasteiger partial charge on any atom is -0.444 e. The highest BCUT2D eigenvalue weighted by molar-refractivity contribution is 5.68. The third-order valence-electron chi connectivity index (χ3n) is 4.06. The summed E-state index contributed by atoms with van der Waals surface area (Å²) >= 11 is 0. The maximum absolute atomic E-state index is 12.1. The van der Waals surface area contributed by atoms with E-state index in [9.17, 15) is 4.79 Å². The molecule has 1 aliphatic heterocycles. The highest BCUT2D eigenvalue weighted by atomic mass is 16.6. The van der Waals surface area contributed by atoms with Crippen LogP contribution in [0.15, 0.2) is 24.3 Å². The predicted octanol–water partition coefficient (Wildman–Crippen LogP) is 3.20. The van der Waals surface area contributed by atoms with Gasteiger partial charge in [0.25, 0.3) is 0 Å². The van der Waals surface area contributed by atoms with Crippen molar-refractivity contribution in [2.24, 2.45) is 0 Å². The normalized spacial score (nSPS) is 15.5. The molecule has 0 unspecified atom stereocenters. The van der Waals surface area contributed by atoms with Crippen LogP contribution < -0.4 is 9.80 Å². The molecule has 0 spiro atoms. The van der Waals surface area contributed by atoms with Gasteiger partial charge in [0.1, 0.15) is 5.60 Å². The molecule has 23 heavy (non-hydrogen) atoms. The number of rotatable bonds is 3. The molecule has 0 radical (unpaired) electrons. The van der Waals surface area contributed by atoms with Crippen LogP contribution in [0.3, 0.4) is 0 Å². The highest BCUT2D eigenvalue weighted by Crippen LogP contribution is 2.21. The van der Waals surface area contributed by atoms with Crippen molar-refractivity contribution in [3.8, 4) is 0 Å². The van der Waals surface area contributed by atoms with E-state index in [0.29, 0.717) is 13.1 Å². The summed E-state index contributed by atoms with van der Waals surface area (Å²) in [6.45, 7) is 11.9. The molecule has 0 aliphatic carbocycles. The van der Waals surface area contributed by atoms with Crippen LogP contribution in [0.2, 0.25) is 0 Å². The van der Waals surface area contributed by atoms with Gasteiger partial charge in [0.15, 0.2) is 0 Å². The zero-order chi connectivity index (χ0) is 17.0. The van der Waals surface area contributed by atoms with E-state index in [2.05, 4.69) is 48.0 Å². The van der Waals surface area contributed by atoms with Crippen LogP contribution in [-0.4, -0.2) is 56.4 Å². The number of hydrogen-bond acceptors (Lipinski definition) is 4. The standard InChI is InChI=1S/C18H29N3O2/c1-6-19(5)15-7-9-16(10-8-15)20-11-13-21(14-12-20)17(22)23-18(2,3)4/h7-10H,6,11-14H2,1-5H3. The van der Waals surface area contributed by atoms with Gasteiger partial charge >= 0.3 is 6.09 Å². The maximum atomic E-state index is 12.1. The molecule has 1 fully saturated rings. The molecule has 0 saturated carbocycles. The van der Waals surface area contributed by atoms with Gasteiger partial charge in [-0.25, -0.2) is 4.79 Å². The van der Waals surface area contributed by atoms with E-state index in [1.165, 1.54) is 11.4 Å². The molecule has 1 aromatic rings. The Morgan fingerprint density at radius 2 is 1.70 bits per heavy atom. The Hall–Kier alpha value is -1.91. The average Bonchev–Trinajstić information content (AvgIpc) is 2.53. The molecule has 5 nitrogen and oxygen atoms in total. The third kappa shape index (κ3) is 4.78. The third-order valence-corrected chi connectivity index (χ3v) is 4.06. The van der Waals surface area contributed by atoms with Gasteiger partial charge in [-0.15, -0.1) is 0 Å². The van der Waals surface area contributed by atoms with Crippen LogP contribution >= 0.6 is 0 Å². The Morgan fingerprint density at radius 1 is 1.13 bits per heavy atom. The van der Waals surface area contributed by atoms with Crippen molar-refractivity contribution in [1.29, 1.82) is 0 Å². The summed E-state index contributed by atoms with van der Waals surface area (Å²) in [5.41, 5.74) is 2.00. The van der Waals surface area contributed by atoms with Gasteiger partial charge in [-0.1, -0.05) is 0 Å². The highest BCUT2D eigenvalue weighted by Gasteiger charge is 2.25. The van der Waals surface area contributed by atoms with Gasteiger partial charge in [-0.3, -0.25) is 0 Å². The molecule has 0 bridgehead atoms. The summed E-state index contributed by atoms with van der Waals surface area (Å²) in [5, 5.41) is 0. The maximum Gasteiger partial charge on any atom is 0.410 e. The first-order chi connectivity index (χ1) is 10.8. The van der Waals surface area contributed by atoms with Gasteiger partial charge in [0.05, 0.1) is 0 Å². The molecular weight excluding hydrogens is 290 g/mol. The van der Waals surface area contributed by atoms with Crippen LogP contribution in [-0.2, 0) is 4.74 Å². The van der Waals surface area contributed by atoms with E-state index in [4.69, 9.17) is 4.74 Å². The minimum atomic E-state index is -0.435. The first-order valence-corrected chi connectivity index (χ1v) is 8.34. The summed E-state index contributed by atoms with van der Waals surface area (Å²) in [6, 6.07) is 8.62. The van der Waals surface area contributed by atoms with Gasteiger partial charge in [-0.2, -0.15) is 0 Å². The molecule has 0 aromatic heterocycles. The van der Waals surface area contributed by atoms with Gasteiger partial charge in [-0.05, 0) is 52.0 Å². The Bertz CT molecular complexity index is 514. The number of anilines is 2. The SMILES string of the molecule is CCN(C)c1ccc(N2CCN(C(=O)OC(C)(C)C)CC2)cc1. The second kappa shape index (κ2) is 7.11. The zero-order valence-corrected chi connectivity index (χ0v) is 15.0. The lowest BCUT2D eigenvalue weighted by atomic mass is 10.2. The van der Waals surface area contributed by atoms with E-state index in [0.717, 1.165) is 19.6 Å². The molecule has 2 rings (SSSR count). The number of carbonyl (C=O) groups excluding carboxylic acids is 1. The average molecular weight is 319 g/mol. The summed E-state index contributed by atoms with van der Waals surface area (Å²) in [5.74, 6) is 0. The van der Waals surface area contributed by atoms with Crippen molar-refractivity contribution in [1.82, 2.24) is 4.90 Å². The lowest BCUT2D eigenvalue weighted by molar-refractivity contribution is 0.0240. The molecule has 1 heterocycles. The lowest BCUT2D eigenvalue weighted by Crippen LogP contribution is -2.50. The fourth-order valence-electron chi connectivity index (χ4n) is 2.57. The van der Waals surface area contributed by atoms with E-state index in [1.807, 2.05) is 20.8 Å². The number of carbonyl (C=O) groups is 1. The lowest BCUT2D eigenvalue weighted by Gasteiger charge is -2.36. The fraction of sp³-hybridized carbons (Fsp3) is 0.611. The Labute approximate surface area is 139 Å². The van der Waals surface area contributed by atoms with Crippen molar-refractivity contribution < 1.29 is 9.53 Å².